The normalized spacial score (nSPS) is 26.0. The molecule has 1 aromatic heterocycles. The second kappa shape index (κ2) is 6.59. The predicted octanol–water partition coefficient (Wildman–Crippen LogP) is 0.130. The fourth-order valence-corrected chi connectivity index (χ4v) is 3.39. The van der Waals surface area contributed by atoms with Gasteiger partial charge in [-0.3, -0.25) is 9.69 Å². The first-order chi connectivity index (χ1) is 11.0. The number of aliphatic hydroxyl groups is 1. The maximum absolute atomic E-state index is 12.5. The van der Waals surface area contributed by atoms with Crippen LogP contribution in [0.5, 0.6) is 0 Å². The maximum Gasteiger partial charge on any atom is 0.227 e. The van der Waals surface area contributed by atoms with Crippen molar-refractivity contribution in [3.63, 3.8) is 0 Å². The summed E-state index contributed by atoms with van der Waals surface area (Å²) in [7, 11) is 0. The standard InChI is InChI=1S/C16H25N3O4/c1-12-14(13(2)23-17-12)9-15(20)19-4-3-16(21,11-19)10-18-5-7-22-8-6-18/h21H,3-11H2,1-2H3. The summed E-state index contributed by atoms with van der Waals surface area (Å²) in [6.45, 7) is 8.38. The smallest absolute Gasteiger partial charge is 0.227 e. The third kappa shape index (κ3) is 3.73. The van der Waals surface area contributed by atoms with Crippen molar-refractivity contribution in [2.45, 2.75) is 32.3 Å². The summed E-state index contributed by atoms with van der Waals surface area (Å²) in [5.74, 6) is 0.718. The van der Waals surface area contributed by atoms with Gasteiger partial charge in [0.25, 0.3) is 0 Å². The first-order valence-electron chi connectivity index (χ1n) is 8.19. The predicted molar refractivity (Wildman–Crippen MR) is 83.1 cm³/mol. The first-order valence-corrected chi connectivity index (χ1v) is 8.19. The molecule has 2 aliphatic heterocycles. The minimum Gasteiger partial charge on any atom is -0.387 e. The van der Waals surface area contributed by atoms with Crippen LogP contribution in [0.4, 0.5) is 0 Å². The number of aryl methyl sites for hydroxylation is 2. The van der Waals surface area contributed by atoms with Crippen LogP contribution in [0, 0.1) is 13.8 Å². The summed E-state index contributed by atoms with van der Waals surface area (Å²) in [5.41, 5.74) is 0.809. The molecule has 0 spiro atoms. The van der Waals surface area contributed by atoms with Crippen molar-refractivity contribution in [2.24, 2.45) is 0 Å². The van der Waals surface area contributed by atoms with Crippen LogP contribution in [-0.4, -0.2) is 77.5 Å². The molecule has 3 heterocycles. The van der Waals surface area contributed by atoms with Crippen LogP contribution in [-0.2, 0) is 16.0 Å². The Hall–Kier alpha value is -1.44. The summed E-state index contributed by atoms with van der Waals surface area (Å²) in [4.78, 5) is 16.5. The van der Waals surface area contributed by atoms with E-state index in [1.165, 1.54) is 0 Å². The molecule has 7 nitrogen and oxygen atoms in total. The monoisotopic (exact) mass is 323 g/mol. The zero-order valence-corrected chi connectivity index (χ0v) is 13.9. The highest BCUT2D eigenvalue weighted by molar-refractivity contribution is 5.79. The van der Waals surface area contributed by atoms with Crippen LogP contribution >= 0.6 is 0 Å². The summed E-state index contributed by atoms with van der Waals surface area (Å²) >= 11 is 0. The summed E-state index contributed by atoms with van der Waals surface area (Å²) in [6, 6.07) is 0. The highest BCUT2D eigenvalue weighted by Crippen LogP contribution is 2.24. The molecular weight excluding hydrogens is 298 g/mol. The van der Waals surface area contributed by atoms with Gasteiger partial charge >= 0.3 is 0 Å². The molecule has 0 bridgehead atoms. The Labute approximate surface area is 136 Å². The molecule has 2 fully saturated rings. The van der Waals surface area contributed by atoms with E-state index in [4.69, 9.17) is 9.26 Å². The first kappa shape index (κ1) is 16.4. The lowest BCUT2D eigenvalue weighted by atomic mass is 10.0. The van der Waals surface area contributed by atoms with Crippen molar-refractivity contribution in [3.8, 4) is 0 Å². The molecule has 1 aromatic rings. The third-order valence-corrected chi connectivity index (χ3v) is 4.82. The minimum absolute atomic E-state index is 0.0253. The van der Waals surface area contributed by atoms with Gasteiger partial charge in [0.05, 0.1) is 37.5 Å². The van der Waals surface area contributed by atoms with E-state index in [9.17, 15) is 9.90 Å². The Bertz CT molecular complexity index is 548. The highest BCUT2D eigenvalue weighted by Gasteiger charge is 2.39. The van der Waals surface area contributed by atoms with E-state index < -0.39 is 5.60 Å². The van der Waals surface area contributed by atoms with Crippen molar-refractivity contribution >= 4 is 5.91 Å². The van der Waals surface area contributed by atoms with Gasteiger partial charge in [-0.2, -0.15) is 0 Å². The maximum atomic E-state index is 12.5. The summed E-state index contributed by atoms with van der Waals surface area (Å²) in [6.07, 6.45) is 0.909. The van der Waals surface area contributed by atoms with Crippen LogP contribution in [0.25, 0.3) is 0 Å². The van der Waals surface area contributed by atoms with E-state index in [1.54, 1.807) is 4.90 Å². The van der Waals surface area contributed by atoms with Crippen LogP contribution in [0.3, 0.4) is 0 Å². The molecule has 0 aliphatic carbocycles. The SMILES string of the molecule is Cc1noc(C)c1CC(=O)N1CCC(O)(CN2CCOCC2)C1. The Morgan fingerprint density at radius 1 is 1.30 bits per heavy atom. The van der Waals surface area contributed by atoms with E-state index in [-0.39, 0.29) is 12.3 Å². The molecule has 7 heteroatoms. The quantitative estimate of drug-likeness (QED) is 0.848. The molecule has 1 atom stereocenters. The van der Waals surface area contributed by atoms with Gasteiger partial charge in [-0.15, -0.1) is 0 Å². The lowest BCUT2D eigenvalue weighted by Gasteiger charge is -2.33. The minimum atomic E-state index is -0.814. The second-order valence-corrected chi connectivity index (χ2v) is 6.66. The highest BCUT2D eigenvalue weighted by atomic mass is 16.5. The number of amides is 1. The number of morpholine rings is 1. The van der Waals surface area contributed by atoms with Crippen molar-refractivity contribution in [1.82, 2.24) is 15.0 Å². The van der Waals surface area contributed by atoms with E-state index in [0.717, 1.165) is 24.3 Å². The molecule has 0 saturated carbocycles. The second-order valence-electron chi connectivity index (χ2n) is 6.66. The molecule has 2 saturated heterocycles. The van der Waals surface area contributed by atoms with E-state index in [1.807, 2.05) is 13.8 Å². The zero-order valence-electron chi connectivity index (χ0n) is 13.9. The molecular formula is C16H25N3O4. The Morgan fingerprint density at radius 3 is 2.70 bits per heavy atom. The fourth-order valence-electron chi connectivity index (χ4n) is 3.39. The molecule has 1 unspecified atom stereocenters. The molecule has 1 amide bonds. The molecule has 2 aliphatic rings. The number of nitrogens with zero attached hydrogens (tertiary/aromatic N) is 3. The average molecular weight is 323 g/mol. The number of rotatable bonds is 4. The van der Waals surface area contributed by atoms with Crippen LogP contribution in [0.15, 0.2) is 4.52 Å². The number of ether oxygens (including phenoxy) is 1. The average Bonchev–Trinajstić information content (AvgIpc) is 3.06. The molecule has 1 N–H and O–H groups in total. The van der Waals surface area contributed by atoms with Crippen molar-refractivity contribution in [2.75, 3.05) is 45.9 Å². The van der Waals surface area contributed by atoms with Crippen LogP contribution in [0.2, 0.25) is 0 Å². The van der Waals surface area contributed by atoms with Gasteiger partial charge in [0.15, 0.2) is 0 Å². The molecule has 0 radical (unpaired) electrons. The molecule has 128 valence electrons. The van der Waals surface area contributed by atoms with Crippen molar-refractivity contribution in [1.29, 1.82) is 0 Å². The van der Waals surface area contributed by atoms with Gasteiger partial charge in [-0.1, -0.05) is 5.16 Å². The molecule has 3 rings (SSSR count). The summed E-state index contributed by atoms with van der Waals surface area (Å²) < 4.78 is 10.4. The van der Waals surface area contributed by atoms with Crippen molar-refractivity contribution < 1.29 is 19.2 Å². The van der Waals surface area contributed by atoms with Gasteiger partial charge in [0.2, 0.25) is 5.91 Å². The number of hydrogen-bond acceptors (Lipinski definition) is 6. The zero-order chi connectivity index (χ0) is 16.4. The van der Waals surface area contributed by atoms with E-state index in [0.29, 0.717) is 45.0 Å². The topological polar surface area (TPSA) is 79.0 Å². The van der Waals surface area contributed by atoms with Crippen LogP contribution < -0.4 is 0 Å². The van der Waals surface area contributed by atoms with Gasteiger partial charge in [0.1, 0.15) is 5.76 Å². The molecule has 23 heavy (non-hydrogen) atoms. The van der Waals surface area contributed by atoms with E-state index >= 15 is 0 Å². The third-order valence-electron chi connectivity index (χ3n) is 4.82. The molecule has 0 aromatic carbocycles. The lowest BCUT2D eigenvalue weighted by Crippen LogP contribution is -2.49. The number of β-amino-alcohol motifs (C(OH)–C–C–N with tert-alkyl or cyclic N) is 1. The van der Waals surface area contributed by atoms with Gasteiger partial charge in [-0.05, 0) is 20.3 Å². The Kier molecular flexibility index (Phi) is 4.70. The van der Waals surface area contributed by atoms with Crippen molar-refractivity contribution in [3.05, 3.63) is 17.0 Å². The van der Waals surface area contributed by atoms with Crippen LogP contribution in [0.1, 0.15) is 23.4 Å². The number of aromatic nitrogens is 1. The number of carbonyl (C=O) groups excluding carboxylic acids is 1. The van der Waals surface area contributed by atoms with Gasteiger partial charge in [0, 0.05) is 31.7 Å². The largest absolute Gasteiger partial charge is 0.387 e. The lowest BCUT2D eigenvalue weighted by molar-refractivity contribution is -0.130. The fraction of sp³-hybridized carbons (Fsp3) is 0.750. The van der Waals surface area contributed by atoms with Gasteiger partial charge < -0.3 is 19.3 Å². The van der Waals surface area contributed by atoms with Gasteiger partial charge in [-0.25, -0.2) is 0 Å². The number of hydrogen-bond donors (Lipinski definition) is 1. The number of likely N-dealkylation sites (tertiary alicyclic amines) is 1. The Balaban J connectivity index is 1.57. The Morgan fingerprint density at radius 2 is 2.04 bits per heavy atom. The number of carbonyl (C=O) groups is 1. The van der Waals surface area contributed by atoms with E-state index in [2.05, 4.69) is 10.1 Å². The summed E-state index contributed by atoms with van der Waals surface area (Å²) in [5, 5.41) is 14.7.